The quantitative estimate of drug-likeness (QED) is 0.516. The Hall–Kier alpha value is -2.11. The Morgan fingerprint density at radius 2 is 2.00 bits per heavy atom. The molecule has 0 heterocycles. The summed E-state index contributed by atoms with van der Waals surface area (Å²) in [7, 11) is 0. The van der Waals surface area contributed by atoms with E-state index in [0.29, 0.717) is 12.0 Å². The Bertz CT molecular complexity index is 503. The maximum absolute atomic E-state index is 13.5. The van der Waals surface area contributed by atoms with Crippen molar-refractivity contribution in [2.75, 3.05) is 5.73 Å². The van der Waals surface area contributed by atoms with E-state index in [2.05, 4.69) is 9.78 Å². The predicted octanol–water partition coefficient (Wildman–Crippen LogP) is 2.10. The number of carbonyl (C=O) groups is 2. The summed E-state index contributed by atoms with van der Waals surface area (Å²) in [6.07, 6.45) is 0.344. The minimum absolute atomic E-state index is 0.00411. The van der Waals surface area contributed by atoms with Gasteiger partial charge in [-0.1, -0.05) is 13.0 Å². The molecule has 0 saturated heterocycles. The maximum Gasteiger partial charge on any atom is 0.365 e. The van der Waals surface area contributed by atoms with Crippen molar-refractivity contribution < 1.29 is 23.8 Å². The Morgan fingerprint density at radius 3 is 2.47 bits per heavy atom. The van der Waals surface area contributed by atoms with Crippen LogP contribution in [0.4, 0.5) is 10.1 Å². The largest absolute Gasteiger partial charge is 0.396 e. The molecule has 0 spiro atoms. The van der Waals surface area contributed by atoms with Gasteiger partial charge >= 0.3 is 11.9 Å². The molecule has 1 aromatic carbocycles. The van der Waals surface area contributed by atoms with Crippen molar-refractivity contribution in [1.29, 1.82) is 0 Å². The van der Waals surface area contributed by atoms with Crippen LogP contribution in [0.2, 0.25) is 0 Å². The van der Waals surface area contributed by atoms with Gasteiger partial charge in [-0.2, -0.15) is 0 Å². The van der Waals surface area contributed by atoms with Crippen LogP contribution in [0.15, 0.2) is 18.2 Å². The van der Waals surface area contributed by atoms with E-state index in [1.807, 2.05) is 0 Å². The van der Waals surface area contributed by atoms with E-state index in [1.165, 1.54) is 18.2 Å². The second-order valence-corrected chi connectivity index (χ2v) is 4.37. The lowest BCUT2D eigenvalue weighted by molar-refractivity contribution is -0.261. The number of hydrogen-bond donors (Lipinski definition) is 1. The lowest BCUT2D eigenvalue weighted by Crippen LogP contribution is -2.34. The molecule has 19 heavy (non-hydrogen) atoms. The SMILES string of the molecule is CCC(C)(C(=O)OOC(C)=O)c1ccc(N)c(F)c1. The molecule has 2 N–H and O–H groups in total. The summed E-state index contributed by atoms with van der Waals surface area (Å²) in [5, 5.41) is 0. The number of nitrogen functional groups attached to an aromatic ring is 1. The zero-order valence-corrected chi connectivity index (χ0v) is 11.0. The van der Waals surface area contributed by atoms with Crippen LogP contribution in [0, 0.1) is 5.82 Å². The number of benzene rings is 1. The fraction of sp³-hybridized carbons (Fsp3) is 0.385. The van der Waals surface area contributed by atoms with Crippen molar-refractivity contribution in [2.45, 2.75) is 32.6 Å². The fourth-order valence-corrected chi connectivity index (χ4v) is 1.53. The molecule has 1 unspecified atom stereocenters. The van der Waals surface area contributed by atoms with Gasteiger partial charge in [0.1, 0.15) is 5.82 Å². The van der Waals surface area contributed by atoms with Crippen molar-refractivity contribution in [3.8, 4) is 0 Å². The zero-order valence-electron chi connectivity index (χ0n) is 11.0. The molecule has 0 aliphatic heterocycles. The molecule has 0 aliphatic rings. The average Bonchev–Trinajstić information content (AvgIpc) is 2.38. The van der Waals surface area contributed by atoms with Crippen LogP contribution in [-0.2, 0) is 24.8 Å². The third-order valence-corrected chi connectivity index (χ3v) is 3.03. The van der Waals surface area contributed by atoms with Gasteiger partial charge in [0.05, 0.1) is 11.1 Å². The van der Waals surface area contributed by atoms with Crippen LogP contribution in [0.3, 0.4) is 0 Å². The van der Waals surface area contributed by atoms with Crippen LogP contribution in [0.5, 0.6) is 0 Å². The smallest absolute Gasteiger partial charge is 0.365 e. The highest BCUT2D eigenvalue weighted by atomic mass is 19.1. The number of nitrogens with two attached hydrogens (primary N) is 1. The molecule has 1 rings (SSSR count). The summed E-state index contributed by atoms with van der Waals surface area (Å²) in [6, 6.07) is 4.09. The van der Waals surface area contributed by atoms with Gasteiger partial charge in [-0.3, -0.25) is 0 Å². The standard InChI is InChI=1S/C13H16FNO4/c1-4-13(3,12(17)19-18-8(2)16)9-5-6-11(15)10(14)7-9/h5-7H,4,15H2,1-3H3. The molecule has 0 fully saturated rings. The van der Waals surface area contributed by atoms with E-state index in [1.54, 1.807) is 13.8 Å². The highest BCUT2D eigenvalue weighted by molar-refractivity contribution is 5.83. The maximum atomic E-state index is 13.5. The number of halogens is 1. The third kappa shape index (κ3) is 3.21. The monoisotopic (exact) mass is 269 g/mol. The lowest BCUT2D eigenvalue weighted by Gasteiger charge is -2.25. The van der Waals surface area contributed by atoms with Crippen molar-refractivity contribution in [2.24, 2.45) is 0 Å². The predicted molar refractivity (Wildman–Crippen MR) is 66.3 cm³/mol. The molecule has 0 aliphatic carbocycles. The molecule has 1 aromatic rings. The summed E-state index contributed by atoms with van der Waals surface area (Å²) < 4.78 is 13.5. The minimum Gasteiger partial charge on any atom is -0.396 e. The van der Waals surface area contributed by atoms with Crippen LogP contribution in [-0.4, -0.2) is 11.9 Å². The number of anilines is 1. The van der Waals surface area contributed by atoms with E-state index >= 15 is 0 Å². The summed E-state index contributed by atoms with van der Waals surface area (Å²) in [6.45, 7) is 4.42. The highest BCUT2D eigenvalue weighted by Gasteiger charge is 2.37. The molecule has 0 aromatic heterocycles. The van der Waals surface area contributed by atoms with E-state index in [0.717, 1.165) is 6.92 Å². The average molecular weight is 269 g/mol. The van der Waals surface area contributed by atoms with E-state index in [4.69, 9.17) is 5.73 Å². The first-order valence-corrected chi connectivity index (χ1v) is 5.76. The number of hydrogen-bond acceptors (Lipinski definition) is 5. The molecule has 5 nitrogen and oxygen atoms in total. The van der Waals surface area contributed by atoms with Crippen LogP contribution in [0.1, 0.15) is 32.8 Å². The first kappa shape index (κ1) is 14.9. The molecule has 6 heteroatoms. The first-order chi connectivity index (χ1) is 8.81. The fourth-order valence-electron chi connectivity index (χ4n) is 1.53. The van der Waals surface area contributed by atoms with E-state index in [9.17, 15) is 14.0 Å². The van der Waals surface area contributed by atoms with Gasteiger partial charge in [-0.15, -0.1) is 0 Å². The summed E-state index contributed by atoms with van der Waals surface area (Å²) in [5.74, 6) is -2.12. The van der Waals surface area contributed by atoms with Crippen LogP contribution < -0.4 is 5.73 Å². The normalized spacial score (nSPS) is 13.5. The van der Waals surface area contributed by atoms with Crippen LogP contribution in [0.25, 0.3) is 0 Å². The number of carbonyl (C=O) groups excluding carboxylic acids is 2. The topological polar surface area (TPSA) is 78.6 Å². The summed E-state index contributed by atoms with van der Waals surface area (Å²) in [4.78, 5) is 31.2. The lowest BCUT2D eigenvalue weighted by atomic mass is 9.80. The second-order valence-electron chi connectivity index (χ2n) is 4.37. The van der Waals surface area contributed by atoms with Gasteiger partial charge in [0.15, 0.2) is 0 Å². The van der Waals surface area contributed by atoms with Gasteiger partial charge in [0, 0.05) is 6.92 Å². The molecular formula is C13H16FNO4. The van der Waals surface area contributed by atoms with Crippen LogP contribution >= 0.6 is 0 Å². The number of rotatable bonds is 3. The van der Waals surface area contributed by atoms with Crippen molar-refractivity contribution >= 4 is 17.6 Å². The Kier molecular flexibility index (Phi) is 4.47. The second kappa shape index (κ2) is 5.69. The minimum atomic E-state index is -1.12. The molecule has 0 amide bonds. The van der Waals surface area contributed by atoms with Gasteiger partial charge in [-0.25, -0.2) is 23.8 Å². The van der Waals surface area contributed by atoms with Crippen molar-refractivity contribution in [1.82, 2.24) is 0 Å². The van der Waals surface area contributed by atoms with Gasteiger partial charge in [0.25, 0.3) is 0 Å². The van der Waals surface area contributed by atoms with Gasteiger partial charge < -0.3 is 5.73 Å². The molecule has 0 saturated carbocycles. The van der Waals surface area contributed by atoms with Crippen molar-refractivity contribution in [3.63, 3.8) is 0 Å². The molecular weight excluding hydrogens is 253 g/mol. The first-order valence-electron chi connectivity index (χ1n) is 5.76. The van der Waals surface area contributed by atoms with E-state index in [-0.39, 0.29) is 5.69 Å². The van der Waals surface area contributed by atoms with Gasteiger partial charge in [-0.05, 0) is 31.0 Å². The molecule has 104 valence electrons. The summed E-state index contributed by atoms with van der Waals surface area (Å²) in [5.41, 5.74) is 4.66. The highest BCUT2D eigenvalue weighted by Crippen LogP contribution is 2.30. The molecule has 0 radical (unpaired) electrons. The Morgan fingerprint density at radius 1 is 1.37 bits per heavy atom. The third-order valence-electron chi connectivity index (χ3n) is 3.03. The molecule has 1 atom stereocenters. The zero-order chi connectivity index (χ0) is 14.6. The summed E-state index contributed by atoms with van der Waals surface area (Å²) >= 11 is 0. The van der Waals surface area contributed by atoms with Gasteiger partial charge in [0.2, 0.25) is 0 Å². The Labute approximate surface area is 110 Å². The Balaban J connectivity index is 3.04. The van der Waals surface area contributed by atoms with E-state index < -0.39 is 23.2 Å². The molecule has 0 bridgehead atoms. The van der Waals surface area contributed by atoms with Crippen molar-refractivity contribution in [3.05, 3.63) is 29.6 Å².